The SMILES string of the molecule is C.C.CC.CC.CC.CC.CC.CC(=O)CC(CC1c2ccccc2-c2ccccc21)C(C)=O.CC(=O)CC1(CC(C)=O)c2ccccc2-c2ccccc21.CC1(C)c2ccccc2-c2ccccc21.CCC.CCOC. The number of Topliss-reactive ketones (excluding diaryl/α,β-unsaturated/α-hetero) is 4. The number of benzene rings is 6. The van der Waals surface area contributed by atoms with Gasteiger partial charge in [-0.3, -0.25) is 14.4 Å². The van der Waals surface area contributed by atoms with E-state index in [1.807, 2.05) is 113 Å². The molecule has 5 heteroatoms. The van der Waals surface area contributed by atoms with Crippen molar-refractivity contribution in [3.63, 3.8) is 0 Å². The Balaban J connectivity index is -0.000000929. The van der Waals surface area contributed by atoms with Crippen LogP contribution in [0, 0.1) is 5.92 Å². The molecule has 0 spiro atoms. The average molecular weight is 1050 g/mol. The molecule has 424 valence electrons. The van der Waals surface area contributed by atoms with Crippen molar-refractivity contribution in [2.45, 2.75) is 195 Å². The summed E-state index contributed by atoms with van der Waals surface area (Å²) in [5.74, 6) is 0.435. The third-order valence-corrected chi connectivity index (χ3v) is 12.6. The summed E-state index contributed by atoms with van der Waals surface area (Å²) in [4.78, 5) is 47.2. The second-order valence-electron chi connectivity index (χ2n) is 18.1. The van der Waals surface area contributed by atoms with Gasteiger partial charge in [-0.05, 0) is 108 Å². The van der Waals surface area contributed by atoms with Crippen LogP contribution in [-0.4, -0.2) is 36.8 Å². The van der Waals surface area contributed by atoms with E-state index in [-0.39, 0.29) is 55.2 Å². The van der Waals surface area contributed by atoms with Crippen LogP contribution >= 0.6 is 0 Å². The van der Waals surface area contributed by atoms with Crippen molar-refractivity contribution in [3.8, 4) is 33.4 Å². The van der Waals surface area contributed by atoms with E-state index < -0.39 is 5.41 Å². The molecule has 1 unspecified atom stereocenters. The topological polar surface area (TPSA) is 77.5 Å². The summed E-state index contributed by atoms with van der Waals surface area (Å²) in [7, 11) is 1.68. The lowest BCUT2D eigenvalue weighted by Gasteiger charge is -2.30. The first-order valence-corrected chi connectivity index (χ1v) is 28.2. The number of carbonyl (C=O) groups excluding carboxylic acids is 4. The number of fused-ring (bicyclic) bond motifs is 9. The number of methoxy groups -OCH3 is 1. The highest BCUT2D eigenvalue weighted by Gasteiger charge is 2.44. The number of carbonyl (C=O) groups is 4. The molecular formula is C72H106O5. The number of hydrogen-bond donors (Lipinski definition) is 0. The fraction of sp³-hybridized carbons (Fsp3) is 0.444. The average Bonchev–Trinajstić information content (AvgIpc) is 3.99. The van der Waals surface area contributed by atoms with Crippen molar-refractivity contribution in [1.82, 2.24) is 0 Å². The van der Waals surface area contributed by atoms with Gasteiger partial charge in [0, 0.05) is 55.6 Å². The first kappa shape index (κ1) is 75.2. The zero-order chi connectivity index (χ0) is 57.3. The van der Waals surface area contributed by atoms with Crippen LogP contribution in [0.15, 0.2) is 146 Å². The molecule has 0 bridgehead atoms. The first-order valence-electron chi connectivity index (χ1n) is 28.2. The molecule has 3 aliphatic rings. The predicted octanol–water partition coefficient (Wildman–Crippen LogP) is 20.7. The normalized spacial score (nSPS) is 12.1. The summed E-state index contributed by atoms with van der Waals surface area (Å²) in [6.45, 7) is 38.0. The molecule has 6 aromatic carbocycles. The quantitative estimate of drug-likeness (QED) is 0.137. The van der Waals surface area contributed by atoms with Gasteiger partial charge in [0.15, 0.2) is 0 Å². The lowest BCUT2D eigenvalue weighted by molar-refractivity contribution is -0.126. The molecule has 3 aliphatic carbocycles. The Kier molecular flexibility index (Phi) is 39.3. The van der Waals surface area contributed by atoms with Crippen LogP contribution in [0.3, 0.4) is 0 Å². The van der Waals surface area contributed by atoms with Gasteiger partial charge in [0.1, 0.15) is 23.1 Å². The Morgan fingerprint density at radius 2 is 0.701 bits per heavy atom. The maximum Gasteiger partial charge on any atom is 0.133 e. The molecule has 0 aromatic heterocycles. The molecule has 0 N–H and O–H groups in total. The van der Waals surface area contributed by atoms with Gasteiger partial charge in [0.05, 0.1) is 0 Å². The van der Waals surface area contributed by atoms with E-state index in [0.29, 0.717) is 25.7 Å². The molecule has 0 heterocycles. The minimum Gasteiger partial charge on any atom is -0.385 e. The largest absolute Gasteiger partial charge is 0.385 e. The Labute approximate surface area is 472 Å². The van der Waals surface area contributed by atoms with E-state index in [0.717, 1.165) is 28.9 Å². The summed E-state index contributed by atoms with van der Waals surface area (Å²) < 4.78 is 4.54. The smallest absolute Gasteiger partial charge is 0.133 e. The molecule has 0 amide bonds. The minimum atomic E-state index is -0.495. The molecule has 0 radical (unpaired) electrons. The van der Waals surface area contributed by atoms with Gasteiger partial charge in [-0.1, -0.05) is 264 Å². The molecule has 1 atom stereocenters. The summed E-state index contributed by atoms with van der Waals surface area (Å²) in [5.41, 5.74) is 14.9. The number of ether oxygens (including phenoxy) is 1. The van der Waals surface area contributed by atoms with Crippen molar-refractivity contribution < 1.29 is 23.9 Å². The minimum absolute atomic E-state index is 0. The second kappa shape index (κ2) is 40.2. The summed E-state index contributed by atoms with van der Waals surface area (Å²) in [6, 6.07) is 50.5. The van der Waals surface area contributed by atoms with E-state index in [1.165, 1.54) is 50.9 Å². The molecule has 77 heavy (non-hydrogen) atoms. The van der Waals surface area contributed by atoms with Crippen molar-refractivity contribution in [2.24, 2.45) is 5.92 Å². The van der Waals surface area contributed by atoms with Gasteiger partial charge < -0.3 is 9.53 Å². The summed E-state index contributed by atoms with van der Waals surface area (Å²) in [5, 5.41) is 0. The van der Waals surface area contributed by atoms with Crippen LogP contribution in [0.5, 0.6) is 0 Å². The fourth-order valence-corrected chi connectivity index (χ4v) is 9.92. The van der Waals surface area contributed by atoms with Crippen molar-refractivity contribution in [3.05, 3.63) is 179 Å². The maximum absolute atomic E-state index is 11.9. The lowest BCUT2D eigenvalue weighted by Crippen LogP contribution is -2.30. The standard InChI is InChI=1S/C20H20O2.C19H18O2.C15H14.C3H8O.C3H8.5C2H6.2CH4/c1-13(21)11-15(14(2)22)12-20-18-9-5-3-7-16(18)17-8-4-6-10-19(17)20;1-13(20)11-19(12-14(2)21)17-9-5-3-7-15(17)16-8-4-6-10-18(16)19;1-15(2)13-9-5-3-7-11(13)12-8-4-6-10-14(12)15;1-3-4-2;1-3-2;5*1-2;;/h3-10,15,20H,11-12H2,1-2H3;3-10H,11-12H2,1-2H3;3-10H,1-2H3;3H2,1-2H3;3H2,1-2H3;5*1-2H3;2*1H4. The van der Waals surface area contributed by atoms with Crippen LogP contribution in [0.2, 0.25) is 0 Å². The lowest BCUT2D eigenvalue weighted by atomic mass is 9.71. The van der Waals surface area contributed by atoms with E-state index >= 15 is 0 Å². The van der Waals surface area contributed by atoms with Crippen LogP contribution < -0.4 is 0 Å². The monoisotopic (exact) mass is 1050 g/mol. The molecule has 0 saturated carbocycles. The van der Waals surface area contributed by atoms with Crippen LogP contribution in [0.4, 0.5) is 0 Å². The van der Waals surface area contributed by atoms with E-state index in [2.05, 4.69) is 142 Å². The van der Waals surface area contributed by atoms with Crippen LogP contribution in [-0.2, 0) is 34.7 Å². The van der Waals surface area contributed by atoms with Crippen molar-refractivity contribution in [1.29, 1.82) is 0 Å². The molecule has 9 rings (SSSR count). The van der Waals surface area contributed by atoms with Crippen LogP contribution in [0.1, 0.15) is 218 Å². The highest BCUT2D eigenvalue weighted by molar-refractivity contribution is 5.90. The molecule has 0 saturated heterocycles. The van der Waals surface area contributed by atoms with Gasteiger partial charge in [-0.15, -0.1) is 0 Å². The van der Waals surface area contributed by atoms with Gasteiger partial charge in [0.25, 0.3) is 0 Å². The zero-order valence-corrected chi connectivity index (χ0v) is 50.3. The summed E-state index contributed by atoms with van der Waals surface area (Å²) in [6.07, 6.45) is 3.06. The molecule has 0 fully saturated rings. The third kappa shape index (κ3) is 20.0. The van der Waals surface area contributed by atoms with Gasteiger partial charge in [-0.25, -0.2) is 0 Å². The van der Waals surface area contributed by atoms with E-state index in [9.17, 15) is 19.2 Å². The molecule has 5 nitrogen and oxygen atoms in total. The first-order chi connectivity index (χ1) is 36.2. The molecular weight excluding hydrogens is 945 g/mol. The Morgan fingerprint density at radius 3 is 0.974 bits per heavy atom. The Morgan fingerprint density at radius 1 is 0.442 bits per heavy atom. The second-order valence-corrected chi connectivity index (χ2v) is 18.1. The Hall–Kier alpha value is -6.04. The Bertz CT molecular complexity index is 2440. The van der Waals surface area contributed by atoms with Crippen molar-refractivity contribution >= 4 is 23.1 Å². The maximum atomic E-state index is 11.9. The van der Waals surface area contributed by atoms with Gasteiger partial charge in [0.2, 0.25) is 0 Å². The highest BCUT2D eigenvalue weighted by atomic mass is 16.5. The van der Waals surface area contributed by atoms with Gasteiger partial charge in [-0.2, -0.15) is 0 Å². The number of ketones is 4. The number of hydrogen-bond acceptors (Lipinski definition) is 5. The fourth-order valence-electron chi connectivity index (χ4n) is 9.92. The van der Waals surface area contributed by atoms with Crippen molar-refractivity contribution in [2.75, 3.05) is 13.7 Å². The number of rotatable bonds is 10. The zero-order valence-electron chi connectivity index (χ0n) is 50.3. The van der Waals surface area contributed by atoms with Crippen LogP contribution in [0.25, 0.3) is 33.4 Å². The predicted molar refractivity (Wildman–Crippen MR) is 339 cm³/mol. The molecule has 0 aliphatic heterocycles. The summed E-state index contributed by atoms with van der Waals surface area (Å²) >= 11 is 0. The highest BCUT2D eigenvalue weighted by Crippen LogP contribution is 2.53. The third-order valence-electron chi connectivity index (χ3n) is 12.6. The van der Waals surface area contributed by atoms with Gasteiger partial charge >= 0.3 is 0 Å². The molecule has 6 aromatic rings. The van der Waals surface area contributed by atoms with E-state index in [1.54, 1.807) is 34.8 Å². The van der Waals surface area contributed by atoms with E-state index in [4.69, 9.17) is 0 Å².